The summed E-state index contributed by atoms with van der Waals surface area (Å²) in [5, 5.41) is 21.1. The number of carboxylic acids is 1. The van der Waals surface area contributed by atoms with Crippen LogP contribution >= 0.6 is 11.7 Å². The van der Waals surface area contributed by atoms with Crippen LogP contribution < -0.4 is 14.2 Å². The first-order valence-electron chi connectivity index (χ1n) is 11.4. The van der Waals surface area contributed by atoms with Crippen LogP contribution in [0.3, 0.4) is 0 Å². The molecule has 10 nitrogen and oxygen atoms in total. The van der Waals surface area contributed by atoms with Gasteiger partial charge in [-0.05, 0) is 53.6 Å². The standard InChI is InChI=1S/C27H22N2O8S/c1-34-18-8-5-17(6-9-18)27(33)20(11-15-3-7-19(35-2)13-23(15)36-14-24(30)31)25(26(32)37-27)16-4-10-21-22(12-16)29-38-28-21/h3-10,12-13,33H,11,14H2,1-2H3,(H,30,31). The second kappa shape index (κ2) is 10.1. The van der Waals surface area contributed by atoms with Crippen molar-refractivity contribution in [3.05, 3.63) is 82.9 Å². The van der Waals surface area contributed by atoms with Gasteiger partial charge in [0.05, 0.1) is 31.5 Å². The van der Waals surface area contributed by atoms with Crippen LogP contribution in [0.25, 0.3) is 16.6 Å². The van der Waals surface area contributed by atoms with Gasteiger partial charge in [0, 0.05) is 23.6 Å². The molecule has 1 unspecified atom stereocenters. The fraction of sp³-hybridized carbons (Fsp3) is 0.185. The second-order valence-electron chi connectivity index (χ2n) is 8.42. The molecule has 0 aliphatic carbocycles. The minimum atomic E-state index is -2.11. The third kappa shape index (κ3) is 4.64. The molecular formula is C27H22N2O8S. The zero-order chi connectivity index (χ0) is 26.9. The Morgan fingerprint density at radius 2 is 1.68 bits per heavy atom. The van der Waals surface area contributed by atoms with Crippen LogP contribution in [0.1, 0.15) is 16.7 Å². The van der Waals surface area contributed by atoms with Crippen LogP contribution in [-0.2, 0) is 26.5 Å². The van der Waals surface area contributed by atoms with Crippen molar-refractivity contribution in [2.45, 2.75) is 12.2 Å². The number of hydrogen-bond donors (Lipinski definition) is 2. The molecule has 38 heavy (non-hydrogen) atoms. The molecule has 1 aromatic heterocycles. The molecule has 1 atom stereocenters. The number of ether oxygens (including phenoxy) is 4. The zero-order valence-electron chi connectivity index (χ0n) is 20.3. The number of aromatic nitrogens is 2. The van der Waals surface area contributed by atoms with E-state index < -0.39 is 24.3 Å². The predicted octanol–water partition coefficient (Wildman–Crippen LogP) is 3.57. The van der Waals surface area contributed by atoms with E-state index >= 15 is 0 Å². The number of carbonyl (C=O) groups excluding carboxylic acids is 1. The van der Waals surface area contributed by atoms with Gasteiger partial charge in [-0.1, -0.05) is 12.1 Å². The van der Waals surface area contributed by atoms with Crippen LogP contribution in [-0.4, -0.2) is 51.7 Å². The predicted molar refractivity (Wildman–Crippen MR) is 137 cm³/mol. The number of aliphatic hydroxyl groups is 1. The Morgan fingerprint density at radius 1 is 0.974 bits per heavy atom. The van der Waals surface area contributed by atoms with Crippen LogP contribution in [0.15, 0.2) is 66.2 Å². The fourth-order valence-corrected chi connectivity index (χ4v) is 4.82. The molecule has 2 heterocycles. The SMILES string of the molecule is COc1ccc(C2(O)OC(=O)C(c3ccc4nsnc4c3)=C2Cc2ccc(OC)cc2OCC(=O)O)cc1. The summed E-state index contributed by atoms with van der Waals surface area (Å²) in [5.41, 5.74) is 3.02. The number of methoxy groups -OCH3 is 2. The number of nitrogens with zero attached hydrogens (tertiary/aromatic N) is 2. The number of fused-ring (bicyclic) bond motifs is 1. The Balaban J connectivity index is 1.68. The van der Waals surface area contributed by atoms with Crippen LogP contribution in [0, 0.1) is 0 Å². The number of hydrogen-bond acceptors (Lipinski definition) is 10. The summed E-state index contributed by atoms with van der Waals surface area (Å²) in [6.07, 6.45) is -0.00407. The minimum Gasteiger partial charge on any atom is -0.497 e. The summed E-state index contributed by atoms with van der Waals surface area (Å²) in [5.74, 6) is -2.74. The van der Waals surface area contributed by atoms with E-state index in [0.717, 1.165) is 11.7 Å². The quantitative estimate of drug-likeness (QED) is 0.307. The average Bonchev–Trinajstić information content (AvgIpc) is 3.49. The maximum Gasteiger partial charge on any atom is 0.342 e. The first-order chi connectivity index (χ1) is 18.3. The third-order valence-corrected chi connectivity index (χ3v) is 6.73. The number of cyclic esters (lactones) is 1. The van der Waals surface area contributed by atoms with Gasteiger partial charge in [0.2, 0.25) is 0 Å². The number of aliphatic carboxylic acids is 1. The Morgan fingerprint density at radius 3 is 2.39 bits per heavy atom. The van der Waals surface area contributed by atoms with Crippen molar-refractivity contribution in [2.24, 2.45) is 0 Å². The van der Waals surface area contributed by atoms with Gasteiger partial charge < -0.3 is 29.2 Å². The molecule has 0 fully saturated rings. The molecule has 4 aromatic rings. The Labute approximate surface area is 221 Å². The highest BCUT2D eigenvalue weighted by Gasteiger charge is 2.48. The molecule has 0 radical (unpaired) electrons. The number of carboxylic acid groups (broad SMARTS) is 1. The van der Waals surface area contributed by atoms with Crippen LogP contribution in [0.2, 0.25) is 0 Å². The lowest BCUT2D eigenvalue weighted by molar-refractivity contribution is -0.185. The smallest absolute Gasteiger partial charge is 0.342 e. The maximum atomic E-state index is 13.3. The lowest BCUT2D eigenvalue weighted by Gasteiger charge is -2.26. The summed E-state index contributed by atoms with van der Waals surface area (Å²) in [4.78, 5) is 24.5. The van der Waals surface area contributed by atoms with E-state index in [4.69, 9.17) is 24.1 Å². The number of esters is 1. The zero-order valence-corrected chi connectivity index (χ0v) is 21.2. The largest absolute Gasteiger partial charge is 0.497 e. The summed E-state index contributed by atoms with van der Waals surface area (Å²) in [6.45, 7) is -0.586. The minimum absolute atomic E-state index is 0.00407. The maximum absolute atomic E-state index is 13.3. The van der Waals surface area contributed by atoms with E-state index in [9.17, 15) is 14.7 Å². The lowest BCUT2D eigenvalue weighted by atomic mass is 9.87. The summed E-state index contributed by atoms with van der Waals surface area (Å²) in [6, 6.07) is 16.6. The molecule has 0 spiro atoms. The van der Waals surface area contributed by atoms with Gasteiger partial charge in [-0.3, -0.25) is 0 Å². The van der Waals surface area contributed by atoms with E-state index in [1.807, 2.05) is 0 Å². The van der Waals surface area contributed by atoms with Crippen molar-refractivity contribution in [2.75, 3.05) is 20.8 Å². The Hall–Kier alpha value is -4.48. The van der Waals surface area contributed by atoms with E-state index in [1.54, 1.807) is 60.7 Å². The summed E-state index contributed by atoms with van der Waals surface area (Å²) < 4.78 is 30.1. The average molecular weight is 535 g/mol. The Bertz CT molecular complexity index is 1560. The summed E-state index contributed by atoms with van der Waals surface area (Å²) in [7, 11) is 3.00. The molecule has 5 rings (SSSR count). The highest BCUT2D eigenvalue weighted by Crippen LogP contribution is 2.46. The van der Waals surface area contributed by atoms with Gasteiger partial charge in [0.25, 0.3) is 5.79 Å². The van der Waals surface area contributed by atoms with Crippen molar-refractivity contribution in [1.82, 2.24) is 8.75 Å². The molecule has 3 aromatic carbocycles. The van der Waals surface area contributed by atoms with Gasteiger partial charge in [-0.15, -0.1) is 0 Å². The normalized spacial score (nSPS) is 17.0. The van der Waals surface area contributed by atoms with E-state index in [0.29, 0.717) is 39.2 Å². The van der Waals surface area contributed by atoms with Crippen molar-refractivity contribution in [3.8, 4) is 17.2 Å². The highest BCUT2D eigenvalue weighted by atomic mass is 32.1. The fourth-order valence-electron chi connectivity index (χ4n) is 4.30. The summed E-state index contributed by atoms with van der Waals surface area (Å²) >= 11 is 1.05. The van der Waals surface area contributed by atoms with Gasteiger partial charge in [-0.25, -0.2) is 9.59 Å². The van der Waals surface area contributed by atoms with Gasteiger partial charge in [-0.2, -0.15) is 8.75 Å². The molecule has 0 amide bonds. The van der Waals surface area contributed by atoms with Crippen molar-refractivity contribution >= 4 is 40.3 Å². The lowest BCUT2D eigenvalue weighted by Crippen LogP contribution is -2.29. The van der Waals surface area contributed by atoms with Crippen molar-refractivity contribution in [3.63, 3.8) is 0 Å². The van der Waals surface area contributed by atoms with Gasteiger partial charge in [0.15, 0.2) is 6.61 Å². The molecule has 2 N–H and O–H groups in total. The molecule has 0 saturated carbocycles. The van der Waals surface area contributed by atoms with E-state index in [1.165, 1.54) is 14.2 Å². The van der Waals surface area contributed by atoms with Crippen LogP contribution in [0.4, 0.5) is 0 Å². The molecule has 1 aliphatic heterocycles. The number of rotatable bonds is 9. The number of carbonyl (C=O) groups is 2. The highest BCUT2D eigenvalue weighted by molar-refractivity contribution is 7.00. The first kappa shape index (κ1) is 25.2. The molecule has 11 heteroatoms. The second-order valence-corrected chi connectivity index (χ2v) is 8.94. The van der Waals surface area contributed by atoms with Crippen molar-refractivity contribution < 1.29 is 38.7 Å². The molecule has 1 aliphatic rings. The topological polar surface area (TPSA) is 137 Å². The Kier molecular flexibility index (Phi) is 6.70. The van der Waals surface area contributed by atoms with Gasteiger partial charge in [0.1, 0.15) is 28.3 Å². The van der Waals surface area contributed by atoms with Gasteiger partial charge >= 0.3 is 11.9 Å². The van der Waals surface area contributed by atoms with E-state index in [-0.39, 0.29) is 23.3 Å². The molecule has 194 valence electrons. The molecule has 0 bridgehead atoms. The molecule has 0 saturated heterocycles. The third-order valence-electron chi connectivity index (χ3n) is 6.17. The first-order valence-corrected chi connectivity index (χ1v) is 12.1. The van der Waals surface area contributed by atoms with E-state index in [2.05, 4.69) is 8.75 Å². The monoisotopic (exact) mass is 534 g/mol. The van der Waals surface area contributed by atoms with Crippen LogP contribution in [0.5, 0.6) is 17.2 Å². The van der Waals surface area contributed by atoms with Crippen molar-refractivity contribution in [1.29, 1.82) is 0 Å². The molecular weight excluding hydrogens is 512 g/mol. The number of benzene rings is 3.